The molecule has 0 radical (unpaired) electrons. The van der Waals surface area contributed by atoms with E-state index in [1.807, 2.05) is 42.5 Å². The van der Waals surface area contributed by atoms with E-state index in [4.69, 9.17) is 4.74 Å². The Labute approximate surface area is 153 Å². The monoisotopic (exact) mass is 349 g/mol. The summed E-state index contributed by atoms with van der Waals surface area (Å²) in [5.74, 6) is 0.981. The first-order valence-corrected chi connectivity index (χ1v) is 8.52. The van der Waals surface area contributed by atoms with Gasteiger partial charge in [0, 0.05) is 10.9 Å². The van der Waals surface area contributed by atoms with Crippen LogP contribution in [0.5, 0.6) is 5.75 Å². The Morgan fingerprint density at radius 3 is 2.62 bits per heavy atom. The summed E-state index contributed by atoms with van der Waals surface area (Å²) in [6.45, 7) is 10.5. The first kappa shape index (κ1) is 17.7. The van der Waals surface area contributed by atoms with Crippen molar-refractivity contribution in [3.8, 4) is 5.75 Å². The van der Waals surface area contributed by atoms with E-state index in [0.717, 1.165) is 10.9 Å². The first-order chi connectivity index (χ1) is 12.4. The van der Waals surface area contributed by atoms with Crippen LogP contribution in [-0.2, 0) is 5.41 Å². The number of carbonyl (C=O) groups excluding carboxylic acids is 1. The average Bonchev–Trinajstić information content (AvgIpc) is 3.01. The van der Waals surface area contributed by atoms with Crippen molar-refractivity contribution in [3.63, 3.8) is 0 Å². The Balaban J connectivity index is 1.81. The molecule has 0 bridgehead atoms. The lowest BCUT2D eigenvalue weighted by atomic mass is 9.87. The maximum Gasteiger partial charge on any atom is 0.256 e. The van der Waals surface area contributed by atoms with Crippen molar-refractivity contribution >= 4 is 22.6 Å². The molecule has 5 heteroatoms. The quantitative estimate of drug-likeness (QED) is 0.657. The Morgan fingerprint density at radius 2 is 1.96 bits per heavy atom. The van der Waals surface area contributed by atoms with Gasteiger partial charge in [0.15, 0.2) is 5.82 Å². The molecule has 0 aliphatic rings. The Morgan fingerprint density at radius 1 is 1.23 bits per heavy atom. The van der Waals surface area contributed by atoms with Crippen LogP contribution in [0.1, 0.15) is 36.7 Å². The molecule has 0 spiro atoms. The van der Waals surface area contributed by atoms with Crippen molar-refractivity contribution in [1.29, 1.82) is 0 Å². The average molecular weight is 349 g/mol. The fourth-order valence-electron chi connectivity index (χ4n) is 2.63. The van der Waals surface area contributed by atoms with Crippen LogP contribution in [0.15, 0.2) is 55.1 Å². The number of aromatic nitrogens is 2. The molecule has 0 atom stereocenters. The molecule has 26 heavy (non-hydrogen) atoms. The highest BCUT2D eigenvalue weighted by Crippen LogP contribution is 2.26. The van der Waals surface area contributed by atoms with Crippen molar-refractivity contribution in [2.75, 3.05) is 11.9 Å². The summed E-state index contributed by atoms with van der Waals surface area (Å²) < 4.78 is 5.55. The number of aromatic amines is 1. The molecule has 1 aromatic heterocycles. The van der Waals surface area contributed by atoms with Crippen molar-refractivity contribution in [2.45, 2.75) is 26.2 Å². The SMILES string of the molecule is C=CCOc1ccc2[nH]nc(NC(=O)c3ccc(C(C)(C)C)cc3)c2c1. The first-order valence-electron chi connectivity index (χ1n) is 8.52. The smallest absolute Gasteiger partial charge is 0.256 e. The second-order valence-corrected chi connectivity index (χ2v) is 7.16. The summed E-state index contributed by atoms with van der Waals surface area (Å²) in [7, 11) is 0. The van der Waals surface area contributed by atoms with Crippen LogP contribution < -0.4 is 10.1 Å². The van der Waals surface area contributed by atoms with Gasteiger partial charge in [0.1, 0.15) is 12.4 Å². The summed E-state index contributed by atoms with van der Waals surface area (Å²) in [5, 5.41) is 10.8. The Kier molecular flexibility index (Phi) is 4.80. The van der Waals surface area contributed by atoms with Gasteiger partial charge < -0.3 is 10.1 Å². The molecular formula is C21H23N3O2. The third-order valence-electron chi connectivity index (χ3n) is 4.15. The highest BCUT2D eigenvalue weighted by molar-refractivity contribution is 6.08. The fraction of sp³-hybridized carbons (Fsp3) is 0.238. The maximum atomic E-state index is 12.6. The number of amides is 1. The highest BCUT2D eigenvalue weighted by Gasteiger charge is 2.15. The summed E-state index contributed by atoms with van der Waals surface area (Å²) >= 11 is 0. The molecule has 134 valence electrons. The molecule has 1 heterocycles. The van der Waals surface area contributed by atoms with Gasteiger partial charge in [-0.2, -0.15) is 5.10 Å². The predicted octanol–water partition coefficient (Wildman–Crippen LogP) is 4.68. The zero-order valence-corrected chi connectivity index (χ0v) is 15.3. The van der Waals surface area contributed by atoms with Gasteiger partial charge in [-0.25, -0.2) is 0 Å². The fourth-order valence-corrected chi connectivity index (χ4v) is 2.63. The lowest BCUT2D eigenvalue weighted by Crippen LogP contribution is -2.14. The molecule has 3 aromatic rings. The van der Waals surface area contributed by atoms with Crippen LogP contribution in [0, 0.1) is 0 Å². The minimum Gasteiger partial charge on any atom is -0.490 e. The molecule has 0 saturated heterocycles. The number of fused-ring (bicyclic) bond motifs is 1. The van der Waals surface area contributed by atoms with Gasteiger partial charge in [0.05, 0.1) is 5.52 Å². The largest absolute Gasteiger partial charge is 0.490 e. The normalized spacial score (nSPS) is 11.3. The molecule has 0 saturated carbocycles. The van der Waals surface area contributed by atoms with Crippen molar-refractivity contribution in [3.05, 3.63) is 66.2 Å². The molecular weight excluding hydrogens is 326 g/mol. The number of benzene rings is 2. The Bertz CT molecular complexity index is 934. The molecule has 2 N–H and O–H groups in total. The van der Waals surface area contributed by atoms with Gasteiger partial charge in [0.2, 0.25) is 0 Å². The highest BCUT2D eigenvalue weighted by atomic mass is 16.5. The van der Waals surface area contributed by atoms with Crippen LogP contribution in [0.2, 0.25) is 0 Å². The van der Waals surface area contributed by atoms with E-state index in [-0.39, 0.29) is 11.3 Å². The predicted molar refractivity (Wildman–Crippen MR) is 105 cm³/mol. The molecule has 3 rings (SSSR count). The minimum atomic E-state index is -0.198. The minimum absolute atomic E-state index is 0.0508. The summed E-state index contributed by atoms with van der Waals surface area (Å²) in [4.78, 5) is 12.6. The summed E-state index contributed by atoms with van der Waals surface area (Å²) in [6, 6.07) is 13.2. The second-order valence-electron chi connectivity index (χ2n) is 7.16. The number of carbonyl (C=O) groups is 1. The van der Waals surface area contributed by atoms with Gasteiger partial charge in [-0.05, 0) is 41.3 Å². The molecule has 2 aromatic carbocycles. The van der Waals surface area contributed by atoms with Crippen molar-refractivity contribution in [1.82, 2.24) is 10.2 Å². The van der Waals surface area contributed by atoms with E-state index < -0.39 is 0 Å². The topological polar surface area (TPSA) is 67.0 Å². The molecule has 0 aliphatic heterocycles. The van der Waals surface area contributed by atoms with E-state index in [2.05, 4.69) is 42.9 Å². The van der Waals surface area contributed by atoms with Crippen LogP contribution in [0.25, 0.3) is 10.9 Å². The van der Waals surface area contributed by atoms with Crippen molar-refractivity contribution in [2.24, 2.45) is 0 Å². The molecule has 0 aliphatic carbocycles. The summed E-state index contributed by atoms with van der Waals surface area (Å²) in [5.41, 5.74) is 2.65. The third-order valence-corrected chi connectivity index (χ3v) is 4.15. The molecule has 0 fully saturated rings. The Hall–Kier alpha value is -3.08. The standard InChI is InChI=1S/C21H23N3O2/c1-5-12-26-16-10-11-18-17(13-16)19(24-23-18)22-20(25)14-6-8-15(9-7-14)21(2,3)4/h5-11,13H,1,12H2,2-4H3,(H2,22,23,24,25). The summed E-state index contributed by atoms with van der Waals surface area (Å²) in [6.07, 6.45) is 1.68. The van der Waals surface area contributed by atoms with Crippen LogP contribution in [-0.4, -0.2) is 22.7 Å². The van der Waals surface area contributed by atoms with E-state index in [1.165, 1.54) is 5.56 Å². The van der Waals surface area contributed by atoms with Gasteiger partial charge in [-0.1, -0.05) is 45.6 Å². The molecule has 1 amide bonds. The van der Waals surface area contributed by atoms with Gasteiger partial charge in [-0.15, -0.1) is 0 Å². The van der Waals surface area contributed by atoms with Crippen LogP contribution in [0.3, 0.4) is 0 Å². The zero-order chi connectivity index (χ0) is 18.7. The van der Waals surface area contributed by atoms with E-state index >= 15 is 0 Å². The van der Waals surface area contributed by atoms with Gasteiger partial charge in [-0.3, -0.25) is 9.89 Å². The van der Waals surface area contributed by atoms with Gasteiger partial charge >= 0.3 is 0 Å². The number of rotatable bonds is 5. The van der Waals surface area contributed by atoms with E-state index in [1.54, 1.807) is 6.08 Å². The number of anilines is 1. The molecule has 0 unspecified atom stereocenters. The second kappa shape index (κ2) is 7.04. The molecule has 5 nitrogen and oxygen atoms in total. The van der Waals surface area contributed by atoms with Crippen LogP contribution >= 0.6 is 0 Å². The van der Waals surface area contributed by atoms with E-state index in [0.29, 0.717) is 23.7 Å². The lowest BCUT2D eigenvalue weighted by Gasteiger charge is -2.19. The number of H-pyrrole nitrogens is 1. The van der Waals surface area contributed by atoms with E-state index in [9.17, 15) is 4.79 Å². The number of hydrogen-bond donors (Lipinski definition) is 2. The zero-order valence-electron chi connectivity index (χ0n) is 15.3. The van der Waals surface area contributed by atoms with Crippen molar-refractivity contribution < 1.29 is 9.53 Å². The number of nitrogens with one attached hydrogen (secondary N) is 2. The lowest BCUT2D eigenvalue weighted by molar-refractivity contribution is 0.102. The third kappa shape index (κ3) is 3.77. The number of nitrogens with zero attached hydrogens (tertiary/aromatic N) is 1. The number of hydrogen-bond acceptors (Lipinski definition) is 3. The van der Waals surface area contributed by atoms with Crippen LogP contribution in [0.4, 0.5) is 5.82 Å². The number of ether oxygens (including phenoxy) is 1. The maximum absolute atomic E-state index is 12.6. The van der Waals surface area contributed by atoms with Gasteiger partial charge in [0.25, 0.3) is 5.91 Å².